The highest BCUT2D eigenvalue weighted by atomic mass is 16.5. The number of carbonyl (C=O) groups excluding carboxylic acids is 3. The highest BCUT2D eigenvalue weighted by Crippen LogP contribution is 2.10. The third kappa shape index (κ3) is 4.04. The Labute approximate surface area is 120 Å². The number of amides is 1. The van der Waals surface area contributed by atoms with Gasteiger partial charge in [-0.3, -0.25) is 9.59 Å². The first kappa shape index (κ1) is 14.5. The minimum atomic E-state index is -0.706. The fourth-order valence-corrected chi connectivity index (χ4v) is 1.58. The third-order valence-electron chi connectivity index (χ3n) is 2.63. The van der Waals surface area contributed by atoms with E-state index in [4.69, 9.17) is 9.15 Å². The minimum absolute atomic E-state index is 0.0358. The first-order valence-corrected chi connectivity index (χ1v) is 6.18. The minimum Gasteiger partial charge on any atom is -0.457 e. The van der Waals surface area contributed by atoms with Crippen molar-refractivity contribution in [2.75, 3.05) is 11.9 Å². The smallest absolute Gasteiger partial charge is 0.374 e. The molecule has 6 heteroatoms. The summed E-state index contributed by atoms with van der Waals surface area (Å²) in [6, 6.07) is 9.40. The molecule has 0 aliphatic heterocycles. The van der Waals surface area contributed by atoms with Crippen LogP contribution in [0.15, 0.2) is 47.1 Å². The Bertz CT molecular complexity index is 643. The van der Waals surface area contributed by atoms with Gasteiger partial charge in [-0.2, -0.15) is 0 Å². The number of rotatable bonds is 5. The molecule has 0 atom stereocenters. The molecular weight excluding hydrogens is 274 g/mol. The van der Waals surface area contributed by atoms with Crippen LogP contribution in [0.2, 0.25) is 0 Å². The van der Waals surface area contributed by atoms with Gasteiger partial charge in [0, 0.05) is 11.3 Å². The van der Waals surface area contributed by atoms with E-state index in [1.165, 1.54) is 19.3 Å². The summed E-state index contributed by atoms with van der Waals surface area (Å²) in [6.45, 7) is 1.04. The van der Waals surface area contributed by atoms with Gasteiger partial charge in [0.1, 0.15) is 0 Å². The van der Waals surface area contributed by atoms with Crippen LogP contribution in [0.4, 0.5) is 5.69 Å². The molecule has 21 heavy (non-hydrogen) atoms. The van der Waals surface area contributed by atoms with E-state index in [1.807, 2.05) is 0 Å². The lowest BCUT2D eigenvalue weighted by Crippen LogP contribution is -2.20. The normalized spacial score (nSPS) is 9.95. The number of anilines is 1. The molecule has 2 aromatic rings. The topological polar surface area (TPSA) is 85.6 Å². The van der Waals surface area contributed by atoms with Gasteiger partial charge < -0.3 is 14.5 Å². The molecule has 0 spiro atoms. The predicted molar refractivity (Wildman–Crippen MR) is 74.1 cm³/mol. The summed E-state index contributed by atoms with van der Waals surface area (Å²) < 4.78 is 9.63. The monoisotopic (exact) mass is 287 g/mol. The zero-order chi connectivity index (χ0) is 15.2. The Balaban J connectivity index is 1.84. The maximum absolute atomic E-state index is 11.6. The van der Waals surface area contributed by atoms with E-state index >= 15 is 0 Å². The first-order valence-electron chi connectivity index (χ1n) is 6.18. The van der Waals surface area contributed by atoms with Gasteiger partial charge in [-0.05, 0) is 43.3 Å². The van der Waals surface area contributed by atoms with Crippen molar-refractivity contribution in [3.63, 3.8) is 0 Å². The van der Waals surface area contributed by atoms with Gasteiger partial charge in [0.25, 0.3) is 5.91 Å². The van der Waals surface area contributed by atoms with Crippen molar-refractivity contribution in [2.24, 2.45) is 0 Å². The number of carbonyl (C=O) groups is 3. The molecule has 1 aromatic carbocycles. The van der Waals surface area contributed by atoms with Crippen molar-refractivity contribution in [3.05, 3.63) is 54.0 Å². The van der Waals surface area contributed by atoms with E-state index < -0.39 is 18.5 Å². The number of ketones is 1. The molecule has 1 N–H and O–H groups in total. The van der Waals surface area contributed by atoms with Crippen molar-refractivity contribution in [1.29, 1.82) is 0 Å². The molecule has 1 amide bonds. The largest absolute Gasteiger partial charge is 0.457 e. The Morgan fingerprint density at radius 2 is 1.86 bits per heavy atom. The standard InChI is InChI=1S/C15H13NO5/c1-10(17)11-4-6-12(7-5-11)16-14(18)9-21-15(19)13-3-2-8-20-13/h2-8H,9H2,1H3,(H,16,18). The van der Waals surface area contributed by atoms with Crippen LogP contribution in [0.5, 0.6) is 0 Å². The number of hydrogen-bond acceptors (Lipinski definition) is 5. The highest BCUT2D eigenvalue weighted by molar-refractivity contribution is 5.96. The van der Waals surface area contributed by atoms with Crippen LogP contribution in [0.1, 0.15) is 27.8 Å². The maximum atomic E-state index is 11.6. The van der Waals surface area contributed by atoms with Crippen LogP contribution < -0.4 is 5.32 Å². The van der Waals surface area contributed by atoms with Crippen molar-refractivity contribution in [1.82, 2.24) is 0 Å². The van der Waals surface area contributed by atoms with Crippen LogP contribution in [-0.4, -0.2) is 24.3 Å². The van der Waals surface area contributed by atoms with E-state index in [0.29, 0.717) is 11.3 Å². The van der Waals surface area contributed by atoms with Gasteiger partial charge in [0.2, 0.25) is 5.76 Å². The Hall–Kier alpha value is -2.89. The summed E-state index contributed by atoms with van der Waals surface area (Å²) in [5.41, 5.74) is 1.07. The van der Waals surface area contributed by atoms with Crippen LogP contribution in [0.25, 0.3) is 0 Å². The lowest BCUT2D eigenvalue weighted by molar-refractivity contribution is -0.119. The second kappa shape index (κ2) is 6.51. The summed E-state index contributed by atoms with van der Waals surface area (Å²) in [5, 5.41) is 2.55. The van der Waals surface area contributed by atoms with E-state index in [1.54, 1.807) is 30.3 Å². The van der Waals surface area contributed by atoms with Gasteiger partial charge in [-0.1, -0.05) is 0 Å². The van der Waals surface area contributed by atoms with E-state index in [0.717, 1.165) is 0 Å². The number of furan rings is 1. The predicted octanol–water partition coefficient (Wildman–Crippen LogP) is 2.28. The van der Waals surface area contributed by atoms with Gasteiger partial charge >= 0.3 is 5.97 Å². The quantitative estimate of drug-likeness (QED) is 0.673. The van der Waals surface area contributed by atoms with Crippen LogP contribution >= 0.6 is 0 Å². The molecule has 0 aliphatic rings. The summed E-state index contributed by atoms with van der Waals surface area (Å²) in [5.74, 6) is -1.21. The lowest BCUT2D eigenvalue weighted by Gasteiger charge is -2.06. The maximum Gasteiger partial charge on any atom is 0.374 e. The van der Waals surface area contributed by atoms with Gasteiger partial charge in [-0.25, -0.2) is 4.79 Å². The molecule has 0 saturated carbocycles. The van der Waals surface area contributed by atoms with Gasteiger partial charge in [0.05, 0.1) is 6.26 Å². The number of benzene rings is 1. The molecule has 1 heterocycles. The summed E-state index contributed by atoms with van der Waals surface area (Å²) in [7, 11) is 0. The van der Waals surface area contributed by atoms with Crippen molar-refractivity contribution >= 4 is 23.3 Å². The number of esters is 1. The Morgan fingerprint density at radius 1 is 1.14 bits per heavy atom. The molecule has 0 saturated heterocycles. The van der Waals surface area contributed by atoms with E-state index in [2.05, 4.69) is 5.32 Å². The second-order valence-corrected chi connectivity index (χ2v) is 4.24. The van der Waals surface area contributed by atoms with Gasteiger partial charge in [-0.15, -0.1) is 0 Å². The van der Waals surface area contributed by atoms with E-state index in [-0.39, 0.29) is 11.5 Å². The second-order valence-electron chi connectivity index (χ2n) is 4.24. The van der Waals surface area contributed by atoms with Crippen molar-refractivity contribution in [2.45, 2.75) is 6.92 Å². The summed E-state index contributed by atoms with van der Waals surface area (Å²) in [4.78, 5) is 34.2. The zero-order valence-corrected chi connectivity index (χ0v) is 11.3. The zero-order valence-electron chi connectivity index (χ0n) is 11.3. The third-order valence-corrected chi connectivity index (χ3v) is 2.63. The number of hydrogen-bond donors (Lipinski definition) is 1. The molecule has 0 fully saturated rings. The van der Waals surface area contributed by atoms with Crippen LogP contribution in [0.3, 0.4) is 0 Å². The molecule has 6 nitrogen and oxygen atoms in total. The molecule has 0 aliphatic carbocycles. The fraction of sp³-hybridized carbons (Fsp3) is 0.133. The number of Topliss-reactive ketones (excluding diaryl/α,β-unsaturated/α-hetero) is 1. The highest BCUT2D eigenvalue weighted by Gasteiger charge is 2.12. The summed E-state index contributed by atoms with van der Waals surface area (Å²) >= 11 is 0. The average Bonchev–Trinajstić information content (AvgIpc) is 2.99. The molecule has 0 unspecified atom stereocenters. The lowest BCUT2D eigenvalue weighted by atomic mass is 10.1. The van der Waals surface area contributed by atoms with Crippen molar-refractivity contribution < 1.29 is 23.5 Å². The van der Waals surface area contributed by atoms with Crippen molar-refractivity contribution in [3.8, 4) is 0 Å². The van der Waals surface area contributed by atoms with Crippen LogP contribution in [-0.2, 0) is 9.53 Å². The molecule has 0 radical (unpaired) electrons. The SMILES string of the molecule is CC(=O)c1ccc(NC(=O)COC(=O)c2ccco2)cc1. The van der Waals surface area contributed by atoms with Crippen LogP contribution in [0, 0.1) is 0 Å². The Kier molecular flexibility index (Phi) is 4.50. The number of nitrogens with one attached hydrogen (secondary N) is 1. The Morgan fingerprint density at radius 3 is 2.43 bits per heavy atom. The fourth-order valence-electron chi connectivity index (χ4n) is 1.58. The molecule has 1 aromatic heterocycles. The first-order chi connectivity index (χ1) is 10.1. The molecule has 2 rings (SSSR count). The molecule has 108 valence electrons. The molecule has 0 bridgehead atoms. The molecular formula is C15H13NO5. The number of ether oxygens (including phenoxy) is 1. The van der Waals surface area contributed by atoms with E-state index in [9.17, 15) is 14.4 Å². The average molecular weight is 287 g/mol. The summed E-state index contributed by atoms with van der Waals surface area (Å²) in [6.07, 6.45) is 1.34. The van der Waals surface area contributed by atoms with Gasteiger partial charge in [0.15, 0.2) is 12.4 Å².